The van der Waals surface area contributed by atoms with E-state index < -0.39 is 0 Å². The maximum Gasteiger partial charge on any atom is 0.239 e. The molecule has 0 aliphatic heterocycles. The normalized spacial score (nSPS) is 10.7. The number of hydrogen-bond donors (Lipinski definition) is 0. The molecule has 0 radical (unpaired) electrons. The third kappa shape index (κ3) is 4.50. The van der Waals surface area contributed by atoms with Crippen molar-refractivity contribution >= 4 is 11.0 Å². The second-order valence-corrected chi connectivity index (χ2v) is 7.45. The summed E-state index contributed by atoms with van der Waals surface area (Å²) in [5.74, 6) is 2.28. The maximum absolute atomic E-state index is 13.7. The molecule has 0 N–H and O–H groups in total. The molecule has 0 atom stereocenters. The van der Waals surface area contributed by atoms with E-state index in [1.54, 1.807) is 44.6 Å². The molecular formula is C27H26O7. The molecule has 0 saturated heterocycles. The van der Waals surface area contributed by atoms with Crippen LogP contribution in [0.4, 0.5) is 0 Å². The van der Waals surface area contributed by atoms with Crippen molar-refractivity contribution in [2.45, 2.75) is 6.42 Å². The molecule has 3 aromatic carbocycles. The van der Waals surface area contributed by atoms with Crippen molar-refractivity contribution in [3.05, 3.63) is 76.5 Å². The molecule has 4 aromatic rings. The Balaban J connectivity index is 1.87. The lowest BCUT2D eigenvalue weighted by Crippen LogP contribution is -2.13. The van der Waals surface area contributed by atoms with Gasteiger partial charge >= 0.3 is 0 Å². The summed E-state index contributed by atoms with van der Waals surface area (Å²) in [5.41, 5.74) is 1.69. The Bertz CT molecular complexity index is 1340. The Morgan fingerprint density at radius 2 is 1.50 bits per heavy atom. The second kappa shape index (κ2) is 10.2. The third-order valence-corrected chi connectivity index (χ3v) is 5.47. The quantitative estimate of drug-likeness (QED) is 0.342. The molecule has 4 rings (SSSR count). The Kier molecular flexibility index (Phi) is 6.92. The highest BCUT2D eigenvalue weighted by Crippen LogP contribution is 2.39. The number of hydrogen-bond acceptors (Lipinski definition) is 7. The zero-order chi connectivity index (χ0) is 24.1. The van der Waals surface area contributed by atoms with Crippen LogP contribution < -0.4 is 29.1 Å². The average molecular weight is 462 g/mol. The molecule has 1 aromatic heterocycles. The lowest BCUT2D eigenvalue weighted by Gasteiger charge is -2.15. The zero-order valence-electron chi connectivity index (χ0n) is 19.5. The van der Waals surface area contributed by atoms with Crippen LogP contribution in [0.3, 0.4) is 0 Å². The van der Waals surface area contributed by atoms with E-state index in [0.29, 0.717) is 47.2 Å². The summed E-state index contributed by atoms with van der Waals surface area (Å²) < 4.78 is 33.9. The van der Waals surface area contributed by atoms with Crippen molar-refractivity contribution in [2.75, 3.05) is 35.0 Å². The van der Waals surface area contributed by atoms with Gasteiger partial charge < -0.3 is 28.1 Å². The van der Waals surface area contributed by atoms with Crippen molar-refractivity contribution < 1.29 is 28.1 Å². The molecular weight excluding hydrogens is 436 g/mol. The first kappa shape index (κ1) is 23.0. The van der Waals surface area contributed by atoms with Gasteiger partial charge in [-0.1, -0.05) is 30.3 Å². The molecule has 0 spiro atoms. The monoisotopic (exact) mass is 462 g/mol. The smallest absolute Gasteiger partial charge is 0.239 e. The van der Waals surface area contributed by atoms with E-state index in [4.69, 9.17) is 28.1 Å². The molecule has 0 amide bonds. The van der Waals surface area contributed by atoms with E-state index in [-0.39, 0.29) is 22.3 Å². The minimum Gasteiger partial charge on any atom is -0.496 e. The molecule has 0 saturated carbocycles. The van der Waals surface area contributed by atoms with E-state index in [9.17, 15) is 4.79 Å². The Morgan fingerprint density at radius 1 is 0.765 bits per heavy atom. The summed E-state index contributed by atoms with van der Waals surface area (Å²) in [7, 11) is 6.14. The SMILES string of the molecule is COc1cc(OC)c2c(=O)c(OCCc3ccccc3)c(-c3ccc(OC)c(OC)c3)oc2c1. The Hall–Kier alpha value is -4.13. The summed E-state index contributed by atoms with van der Waals surface area (Å²) in [6.45, 7) is 0.291. The van der Waals surface area contributed by atoms with Crippen LogP contribution >= 0.6 is 0 Å². The number of ether oxygens (including phenoxy) is 5. The van der Waals surface area contributed by atoms with Crippen molar-refractivity contribution in [1.82, 2.24) is 0 Å². The number of rotatable bonds is 9. The summed E-state index contributed by atoms with van der Waals surface area (Å²) in [6, 6.07) is 18.5. The Labute approximate surface area is 197 Å². The minimum absolute atomic E-state index is 0.0964. The first-order valence-electron chi connectivity index (χ1n) is 10.7. The van der Waals surface area contributed by atoms with E-state index in [2.05, 4.69) is 0 Å². The third-order valence-electron chi connectivity index (χ3n) is 5.47. The fourth-order valence-corrected chi connectivity index (χ4v) is 3.74. The lowest BCUT2D eigenvalue weighted by atomic mass is 10.1. The van der Waals surface area contributed by atoms with Crippen LogP contribution in [0.15, 0.2) is 69.9 Å². The van der Waals surface area contributed by atoms with Crippen molar-refractivity contribution in [3.63, 3.8) is 0 Å². The molecule has 176 valence electrons. The lowest BCUT2D eigenvalue weighted by molar-refractivity contribution is 0.312. The van der Waals surface area contributed by atoms with Crippen molar-refractivity contribution in [2.24, 2.45) is 0 Å². The molecule has 7 heteroatoms. The topological polar surface area (TPSA) is 76.4 Å². The molecule has 0 aliphatic rings. The maximum atomic E-state index is 13.7. The highest BCUT2D eigenvalue weighted by atomic mass is 16.5. The number of benzene rings is 3. The van der Waals surface area contributed by atoms with Crippen molar-refractivity contribution in [1.29, 1.82) is 0 Å². The van der Waals surface area contributed by atoms with Crippen LogP contribution in [-0.4, -0.2) is 35.0 Å². The van der Waals surface area contributed by atoms with Gasteiger partial charge in [-0.15, -0.1) is 0 Å². The summed E-state index contributed by atoms with van der Waals surface area (Å²) >= 11 is 0. The van der Waals surface area contributed by atoms with Gasteiger partial charge in [-0.25, -0.2) is 0 Å². The van der Waals surface area contributed by atoms with Gasteiger partial charge in [0.05, 0.1) is 35.0 Å². The van der Waals surface area contributed by atoms with Crippen LogP contribution in [0, 0.1) is 0 Å². The van der Waals surface area contributed by atoms with Crippen LogP contribution in [0.25, 0.3) is 22.3 Å². The minimum atomic E-state index is -0.335. The van der Waals surface area contributed by atoms with E-state index in [1.807, 2.05) is 30.3 Å². The molecule has 0 bridgehead atoms. The van der Waals surface area contributed by atoms with Gasteiger partial charge in [0.25, 0.3) is 0 Å². The first-order valence-corrected chi connectivity index (χ1v) is 10.7. The molecule has 0 fully saturated rings. The van der Waals surface area contributed by atoms with Gasteiger partial charge in [0, 0.05) is 24.1 Å². The van der Waals surface area contributed by atoms with Crippen LogP contribution in [-0.2, 0) is 6.42 Å². The van der Waals surface area contributed by atoms with Gasteiger partial charge in [0.1, 0.15) is 22.5 Å². The first-order chi connectivity index (χ1) is 16.6. The van der Waals surface area contributed by atoms with E-state index >= 15 is 0 Å². The number of methoxy groups -OCH3 is 4. The molecule has 7 nitrogen and oxygen atoms in total. The highest BCUT2D eigenvalue weighted by molar-refractivity contribution is 5.88. The largest absolute Gasteiger partial charge is 0.496 e. The fraction of sp³-hybridized carbons (Fsp3) is 0.222. The van der Waals surface area contributed by atoms with Gasteiger partial charge in [0.15, 0.2) is 17.3 Å². The van der Waals surface area contributed by atoms with Gasteiger partial charge in [0.2, 0.25) is 11.2 Å². The molecule has 0 aliphatic carbocycles. The van der Waals surface area contributed by atoms with Gasteiger partial charge in [-0.05, 0) is 23.8 Å². The summed E-state index contributed by atoms with van der Waals surface area (Å²) in [5, 5.41) is 0.280. The zero-order valence-corrected chi connectivity index (χ0v) is 19.5. The van der Waals surface area contributed by atoms with E-state index in [0.717, 1.165) is 5.56 Å². The van der Waals surface area contributed by atoms with Crippen molar-refractivity contribution in [3.8, 4) is 40.1 Å². The van der Waals surface area contributed by atoms with E-state index in [1.165, 1.54) is 14.2 Å². The van der Waals surface area contributed by atoms with Crippen LogP contribution in [0.2, 0.25) is 0 Å². The molecule has 0 unspecified atom stereocenters. The predicted molar refractivity (Wildman–Crippen MR) is 130 cm³/mol. The van der Waals surface area contributed by atoms with Gasteiger partial charge in [-0.3, -0.25) is 4.79 Å². The summed E-state index contributed by atoms with van der Waals surface area (Å²) in [4.78, 5) is 13.7. The molecule has 1 heterocycles. The number of fused-ring (bicyclic) bond motifs is 1. The predicted octanol–water partition coefficient (Wildman–Crippen LogP) is 5.12. The average Bonchev–Trinajstić information content (AvgIpc) is 2.89. The van der Waals surface area contributed by atoms with Gasteiger partial charge in [-0.2, -0.15) is 0 Å². The Morgan fingerprint density at radius 3 is 2.18 bits per heavy atom. The second-order valence-electron chi connectivity index (χ2n) is 7.45. The van der Waals surface area contributed by atoms with Crippen LogP contribution in [0.1, 0.15) is 5.56 Å². The molecule has 34 heavy (non-hydrogen) atoms. The van der Waals surface area contributed by atoms with Crippen LogP contribution in [0.5, 0.6) is 28.7 Å². The highest BCUT2D eigenvalue weighted by Gasteiger charge is 2.22. The standard InChI is InChI=1S/C27H26O7/c1-29-19-15-22(32-4)24-23(16-19)34-26(18-10-11-20(30-2)21(14-18)31-3)27(25(24)28)33-13-12-17-8-6-5-7-9-17/h5-11,14-16H,12-13H2,1-4H3. The fourth-order valence-electron chi connectivity index (χ4n) is 3.74. The summed E-state index contributed by atoms with van der Waals surface area (Å²) in [6.07, 6.45) is 0.628.